The molecule has 1 heteroatoms. The summed E-state index contributed by atoms with van der Waals surface area (Å²) in [4.78, 5) is 0. The molecule has 72 valence electrons. The van der Waals surface area contributed by atoms with Gasteiger partial charge in [0.15, 0.2) is 0 Å². The van der Waals surface area contributed by atoms with E-state index in [2.05, 4.69) is 0 Å². The van der Waals surface area contributed by atoms with Gasteiger partial charge in [-0.05, 0) is 61.3 Å². The summed E-state index contributed by atoms with van der Waals surface area (Å²) in [6, 6.07) is 0. The SMILES string of the molecule is CO/C=C1/CC[C@H]2[C@H]3CC[C@H](C3)[C@@H]12. The summed E-state index contributed by atoms with van der Waals surface area (Å²) in [6.07, 6.45) is 9.33. The lowest BCUT2D eigenvalue weighted by atomic mass is 9.80. The number of hydrogen-bond acceptors (Lipinski definition) is 1. The predicted octanol–water partition coefficient (Wildman–Crippen LogP) is 2.97. The van der Waals surface area contributed by atoms with Gasteiger partial charge in [0.25, 0.3) is 0 Å². The zero-order valence-electron chi connectivity index (χ0n) is 8.33. The second-order valence-electron chi connectivity index (χ2n) is 4.99. The van der Waals surface area contributed by atoms with Gasteiger partial charge in [0.2, 0.25) is 0 Å². The van der Waals surface area contributed by atoms with Gasteiger partial charge in [-0.3, -0.25) is 0 Å². The fourth-order valence-corrected chi connectivity index (χ4v) is 4.19. The van der Waals surface area contributed by atoms with Crippen molar-refractivity contribution in [2.75, 3.05) is 7.11 Å². The number of hydrogen-bond donors (Lipinski definition) is 0. The lowest BCUT2D eigenvalue weighted by Crippen LogP contribution is -2.17. The molecule has 0 aromatic carbocycles. The summed E-state index contributed by atoms with van der Waals surface area (Å²) < 4.78 is 5.18. The number of methoxy groups -OCH3 is 1. The van der Waals surface area contributed by atoms with E-state index in [1.807, 2.05) is 6.26 Å². The fourth-order valence-electron chi connectivity index (χ4n) is 4.19. The van der Waals surface area contributed by atoms with Crippen LogP contribution in [-0.4, -0.2) is 7.11 Å². The lowest BCUT2D eigenvalue weighted by Gasteiger charge is -2.24. The topological polar surface area (TPSA) is 9.23 Å². The van der Waals surface area contributed by atoms with Gasteiger partial charge in [0, 0.05) is 0 Å². The summed E-state index contributed by atoms with van der Waals surface area (Å²) in [5.74, 6) is 4.08. The van der Waals surface area contributed by atoms with E-state index >= 15 is 0 Å². The van der Waals surface area contributed by atoms with Gasteiger partial charge in [-0.2, -0.15) is 0 Å². The van der Waals surface area contributed by atoms with Crippen LogP contribution in [0.1, 0.15) is 32.1 Å². The Morgan fingerprint density at radius 3 is 2.92 bits per heavy atom. The minimum absolute atomic E-state index is 0.929. The normalized spacial score (nSPS) is 50.1. The van der Waals surface area contributed by atoms with E-state index in [-0.39, 0.29) is 0 Å². The third-order valence-corrected chi connectivity index (χ3v) is 4.55. The minimum atomic E-state index is 0.929. The van der Waals surface area contributed by atoms with Crippen LogP contribution >= 0.6 is 0 Å². The standard InChI is InChI=1S/C12H18O/c1-13-7-10-4-5-11-8-2-3-9(6-8)12(10)11/h7-9,11-12H,2-6H2,1H3/b10-7-/t8-,9+,11-,12-/m0/s1. The van der Waals surface area contributed by atoms with E-state index in [1.165, 1.54) is 32.1 Å². The largest absolute Gasteiger partial charge is 0.504 e. The molecule has 3 fully saturated rings. The molecule has 0 saturated heterocycles. The average molecular weight is 178 g/mol. The fraction of sp³-hybridized carbons (Fsp3) is 0.833. The number of fused-ring (bicyclic) bond motifs is 5. The van der Waals surface area contributed by atoms with Gasteiger partial charge in [-0.1, -0.05) is 0 Å². The molecular weight excluding hydrogens is 160 g/mol. The van der Waals surface area contributed by atoms with Gasteiger partial charge in [-0.15, -0.1) is 0 Å². The highest BCUT2D eigenvalue weighted by atomic mass is 16.5. The van der Waals surface area contributed by atoms with Crippen molar-refractivity contribution < 1.29 is 4.74 Å². The van der Waals surface area contributed by atoms with Crippen molar-refractivity contribution in [3.63, 3.8) is 0 Å². The molecule has 0 unspecified atom stereocenters. The van der Waals surface area contributed by atoms with Crippen molar-refractivity contribution in [1.82, 2.24) is 0 Å². The van der Waals surface area contributed by atoms with Gasteiger partial charge in [0.1, 0.15) is 0 Å². The summed E-state index contributed by atoms with van der Waals surface area (Å²) in [7, 11) is 1.79. The smallest absolute Gasteiger partial charge is 0.0819 e. The molecule has 0 aromatic heterocycles. The lowest BCUT2D eigenvalue weighted by molar-refractivity contribution is 0.273. The Morgan fingerprint density at radius 1 is 1.23 bits per heavy atom. The third-order valence-electron chi connectivity index (χ3n) is 4.55. The van der Waals surface area contributed by atoms with Gasteiger partial charge in [-0.25, -0.2) is 0 Å². The van der Waals surface area contributed by atoms with Crippen LogP contribution in [0.25, 0.3) is 0 Å². The molecule has 3 rings (SSSR count). The van der Waals surface area contributed by atoms with Crippen molar-refractivity contribution in [2.24, 2.45) is 23.7 Å². The highest BCUT2D eigenvalue weighted by Crippen LogP contribution is 2.60. The zero-order valence-corrected chi connectivity index (χ0v) is 8.33. The van der Waals surface area contributed by atoms with Crippen LogP contribution in [0.15, 0.2) is 11.8 Å². The second kappa shape index (κ2) is 2.76. The van der Waals surface area contributed by atoms with Gasteiger partial charge < -0.3 is 4.74 Å². The van der Waals surface area contributed by atoms with Crippen LogP contribution in [0.2, 0.25) is 0 Å². The maximum absolute atomic E-state index is 5.18. The van der Waals surface area contributed by atoms with Crippen LogP contribution in [0.3, 0.4) is 0 Å². The molecule has 1 nitrogen and oxygen atoms in total. The Kier molecular flexibility index (Phi) is 1.68. The maximum atomic E-state index is 5.18. The van der Waals surface area contributed by atoms with Gasteiger partial charge in [0.05, 0.1) is 13.4 Å². The molecule has 3 aliphatic carbocycles. The summed E-state index contributed by atoms with van der Waals surface area (Å²) in [5, 5.41) is 0. The highest BCUT2D eigenvalue weighted by Gasteiger charge is 2.51. The summed E-state index contributed by atoms with van der Waals surface area (Å²) in [6.45, 7) is 0. The molecule has 0 heterocycles. The molecule has 13 heavy (non-hydrogen) atoms. The first-order chi connectivity index (χ1) is 6.40. The first-order valence-electron chi connectivity index (χ1n) is 5.62. The zero-order chi connectivity index (χ0) is 8.84. The molecule has 0 radical (unpaired) electrons. The molecular formula is C12H18O. The molecule has 4 atom stereocenters. The van der Waals surface area contributed by atoms with Crippen LogP contribution < -0.4 is 0 Å². The van der Waals surface area contributed by atoms with Gasteiger partial charge >= 0.3 is 0 Å². The van der Waals surface area contributed by atoms with Crippen molar-refractivity contribution in [3.05, 3.63) is 11.8 Å². The van der Waals surface area contributed by atoms with Crippen LogP contribution in [-0.2, 0) is 4.74 Å². The highest BCUT2D eigenvalue weighted by molar-refractivity contribution is 5.19. The van der Waals surface area contributed by atoms with E-state index in [0.29, 0.717) is 0 Å². The number of allylic oxidation sites excluding steroid dienone is 1. The molecule has 3 aliphatic rings. The Hall–Kier alpha value is -0.460. The number of ether oxygens (including phenoxy) is 1. The Balaban J connectivity index is 1.87. The first kappa shape index (κ1) is 7.90. The van der Waals surface area contributed by atoms with Crippen molar-refractivity contribution >= 4 is 0 Å². The number of rotatable bonds is 1. The molecule has 2 bridgehead atoms. The third kappa shape index (κ3) is 0.992. The summed E-state index contributed by atoms with van der Waals surface area (Å²) in [5.41, 5.74) is 1.62. The van der Waals surface area contributed by atoms with E-state index in [9.17, 15) is 0 Å². The Labute approximate surface area is 80.2 Å². The van der Waals surface area contributed by atoms with Crippen LogP contribution in [0.5, 0.6) is 0 Å². The van der Waals surface area contributed by atoms with Crippen molar-refractivity contribution in [3.8, 4) is 0 Å². The molecule has 0 N–H and O–H groups in total. The maximum Gasteiger partial charge on any atom is 0.0819 e. The molecule has 3 saturated carbocycles. The predicted molar refractivity (Wildman–Crippen MR) is 52.1 cm³/mol. The minimum Gasteiger partial charge on any atom is -0.504 e. The molecule has 0 amide bonds. The van der Waals surface area contributed by atoms with Crippen LogP contribution in [0, 0.1) is 23.7 Å². The van der Waals surface area contributed by atoms with Crippen molar-refractivity contribution in [1.29, 1.82) is 0 Å². The summed E-state index contributed by atoms with van der Waals surface area (Å²) >= 11 is 0. The molecule has 0 aromatic rings. The van der Waals surface area contributed by atoms with E-state index in [0.717, 1.165) is 23.7 Å². The first-order valence-corrected chi connectivity index (χ1v) is 5.62. The van der Waals surface area contributed by atoms with Crippen LogP contribution in [0.4, 0.5) is 0 Å². The molecule has 0 spiro atoms. The quantitative estimate of drug-likeness (QED) is 0.561. The van der Waals surface area contributed by atoms with E-state index < -0.39 is 0 Å². The Morgan fingerprint density at radius 2 is 2.08 bits per heavy atom. The van der Waals surface area contributed by atoms with E-state index in [4.69, 9.17) is 4.74 Å². The van der Waals surface area contributed by atoms with E-state index in [1.54, 1.807) is 12.7 Å². The van der Waals surface area contributed by atoms with Crippen molar-refractivity contribution in [2.45, 2.75) is 32.1 Å². The average Bonchev–Trinajstić information content (AvgIpc) is 2.74. The second-order valence-corrected chi connectivity index (χ2v) is 4.99. The molecule has 0 aliphatic heterocycles. The monoisotopic (exact) mass is 178 g/mol. The Bertz CT molecular complexity index is 244.